The molecule has 0 atom stereocenters. The van der Waals surface area contributed by atoms with Gasteiger partial charge in [-0.25, -0.2) is 4.98 Å². The molecule has 24 heavy (non-hydrogen) atoms. The number of rotatable bonds is 6. The van der Waals surface area contributed by atoms with Gasteiger partial charge in [0, 0.05) is 32.8 Å². The van der Waals surface area contributed by atoms with Gasteiger partial charge >= 0.3 is 0 Å². The van der Waals surface area contributed by atoms with Crippen molar-refractivity contribution >= 4 is 29.9 Å². The maximum absolute atomic E-state index is 5.39. The van der Waals surface area contributed by atoms with E-state index in [1.807, 2.05) is 26.0 Å². The van der Waals surface area contributed by atoms with Crippen LogP contribution in [0.2, 0.25) is 0 Å². The minimum absolute atomic E-state index is 0. The third-order valence-electron chi connectivity index (χ3n) is 3.53. The zero-order valence-electron chi connectivity index (χ0n) is 14.5. The molecule has 0 radical (unpaired) electrons. The number of methoxy groups -OCH3 is 1. The fourth-order valence-corrected chi connectivity index (χ4v) is 1.95. The van der Waals surface area contributed by atoms with Gasteiger partial charge in [-0.3, -0.25) is 10.1 Å². The summed E-state index contributed by atoms with van der Waals surface area (Å²) >= 11 is 0. The first-order valence-corrected chi connectivity index (χ1v) is 7.48. The third kappa shape index (κ3) is 6.08. The van der Waals surface area contributed by atoms with E-state index in [1.54, 1.807) is 14.2 Å². The molecule has 132 valence electrons. The Morgan fingerprint density at radius 1 is 1.33 bits per heavy atom. The molecule has 0 saturated carbocycles. The summed E-state index contributed by atoms with van der Waals surface area (Å²) < 4.78 is 5.39. The molecule has 1 aromatic carbocycles. The lowest BCUT2D eigenvalue weighted by Crippen LogP contribution is -2.45. The highest BCUT2D eigenvalue weighted by Crippen LogP contribution is 2.15. The summed E-state index contributed by atoms with van der Waals surface area (Å²) in [6.45, 7) is 5.37. The van der Waals surface area contributed by atoms with Crippen LogP contribution in [-0.2, 0) is 11.3 Å². The summed E-state index contributed by atoms with van der Waals surface area (Å²) in [6, 6.07) is 8.12. The molecule has 0 fully saturated rings. The summed E-state index contributed by atoms with van der Waals surface area (Å²) in [7, 11) is 3.45. The first-order valence-electron chi connectivity index (χ1n) is 7.48. The van der Waals surface area contributed by atoms with Gasteiger partial charge in [-0.05, 0) is 25.5 Å². The van der Waals surface area contributed by atoms with E-state index in [0.29, 0.717) is 13.1 Å². The average molecular weight is 444 g/mol. The molecule has 0 amide bonds. The molecular weight excluding hydrogens is 419 g/mol. The van der Waals surface area contributed by atoms with Gasteiger partial charge in [0.2, 0.25) is 0 Å². The van der Waals surface area contributed by atoms with Gasteiger partial charge < -0.3 is 15.4 Å². The molecular formula is C16H25IN6O. The molecule has 1 aromatic heterocycles. The largest absolute Gasteiger partial charge is 0.377 e. The smallest absolute Gasteiger partial charge is 0.191 e. The number of aliphatic imine (C=N–C) groups is 1. The quantitative estimate of drug-likeness (QED) is 0.361. The summed E-state index contributed by atoms with van der Waals surface area (Å²) in [5.41, 5.74) is 1.89. The van der Waals surface area contributed by atoms with Crippen LogP contribution in [-0.4, -0.2) is 47.4 Å². The fraction of sp³-hybridized carbons (Fsp3) is 0.438. The second kappa shape index (κ2) is 9.58. The Kier molecular flexibility index (Phi) is 8.13. The number of hydrogen-bond donors (Lipinski definition) is 3. The highest BCUT2D eigenvalue weighted by atomic mass is 127. The molecule has 0 unspecified atom stereocenters. The first kappa shape index (κ1) is 20.4. The monoisotopic (exact) mass is 444 g/mol. The van der Waals surface area contributed by atoms with Crippen LogP contribution < -0.4 is 10.6 Å². The predicted octanol–water partition coefficient (Wildman–Crippen LogP) is 2.18. The number of aromatic nitrogens is 3. The van der Waals surface area contributed by atoms with E-state index < -0.39 is 0 Å². The molecule has 0 spiro atoms. The minimum Gasteiger partial charge on any atom is -0.377 e. The van der Waals surface area contributed by atoms with Crippen LogP contribution >= 0.6 is 24.0 Å². The summed E-state index contributed by atoms with van der Waals surface area (Å²) in [5, 5.41) is 13.3. The Morgan fingerprint density at radius 2 is 2.12 bits per heavy atom. The van der Waals surface area contributed by atoms with Crippen LogP contribution in [0.15, 0.2) is 35.6 Å². The number of halogens is 1. The average Bonchev–Trinajstić information content (AvgIpc) is 3.10. The molecule has 0 aliphatic heterocycles. The molecule has 2 rings (SSSR count). The van der Waals surface area contributed by atoms with Crippen LogP contribution in [0, 0.1) is 0 Å². The summed E-state index contributed by atoms with van der Waals surface area (Å²) in [5.74, 6) is 1.50. The third-order valence-corrected chi connectivity index (χ3v) is 3.53. The Morgan fingerprint density at radius 3 is 2.75 bits per heavy atom. The molecule has 7 nitrogen and oxygen atoms in total. The van der Waals surface area contributed by atoms with Gasteiger partial charge in [0.1, 0.15) is 6.33 Å². The molecule has 0 aliphatic rings. The van der Waals surface area contributed by atoms with Crippen molar-refractivity contribution in [1.82, 2.24) is 25.8 Å². The Balaban J connectivity index is 0.00000288. The number of H-pyrrole nitrogens is 1. The maximum atomic E-state index is 5.39. The molecule has 8 heteroatoms. The van der Waals surface area contributed by atoms with E-state index in [9.17, 15) is 0 Å². The summed E-state index contributed by atoms with van der Waals surface area (Å²) in [6.07, 6.45) is 1.50. The van der Waals surface area contributed by atoms with Crippen molar-refractivity contribution < 1.29 is 4.74 Å². The van der Waals surface area contributed by atoms with Crippen LogP contribution in [0.5, 0.6) is 0 Å². The van der Waals surface area contributed by atoms with Crippen LogP contribution in [0.25, 0.3) is 11.4 Å². The lowest BCUT2D eigenvalue weighted by atomic mass is 10.1. The standard InChI is InChI=1S/C16H24N6O.HI/c1-16(2,23-4)10-19-15(17-3)18-9-12-6-5-7-13(8-12)14-20-11-21-22-14;/h5-8,11H,9-10H2,1-4H3,(H2,17,18,19)(H,20,21,22);1H. The second-order valence-corrected chi connectivity index (χ2v) is 5.78. The van der Waals surface area contributed by atoms with Crippen molar-refractivity contribution in [3.8, 4) is 11.4 Å². The molecule has 0 bridgehead atoms. The second-order valence-electron chi connectivity index (χ2n) is 5.78. The number of aromatic amines is 1. The molecule has 3 N–H and O–H groups in total. The minimum atomic E-state index is -0.246. The Bertz CT molecular complexity index is 642. The van der Waals surface area contributed by atoms with Gasteiger partial charge in [-0.1, -0.05) is 18.2 Å². The SMILES string of the molecule is CN=C(NCc1cccc(-c2ncn[nH]2)c1)NCC(C)(C)OC.I. The Labute approximate surface area is 159 Å². The van der Waals surface area contributed by atoms with Crippen LogP contribution in [0.4, 0.5) is 0 Å². The van der Waals surface area contributed by atoms with E-state index >= 15 is 0 Å². The van der Waals surface area contributed by atoms with Crippen molar-refractivity contribution in [1.29, 1.82) is 0 Å². The zero-order valence-corrected chi connectivity index (χ0v) is 16.8. The number of nitrogens with one attached hydrogen (secondary N) is 3. The zero-order chi connectivity index (χ0) is 16.7. The van der Waals surface area contributed by atoms with Gasteiger partial charge in [-0.15, -0.1) is 24.0 Å². The summed E-state index contributed by atoms with van der Waals surface area (Å²) in [4.78, 5) is 8.39. The van der Waals surface area contributed by atoms with Gasteiger partial charge in [0.25, 0.3) is 0 Å². The van der Waals surface area contributed by atoms with Crippen LogP contribution in [0.1, 0.15) is 19.4 Å². The first-order chi connectivity index (χ1) is 11.0. The van der Waals surface area contributed by atoms with Crippen molar-refractivity contribution in [3.63, 3.8) is 0 Å². The van der Waals surface area contributed by atoms with E-state index in [0.717, 1.165) is 22.9 Å². The number of nitrogens with zero attached hydrogens (tertiary/aromatic N) is 3. The number of guanidine groups is 1. The van der Waals surface area contributed by atoms with Crippen molar-refractivity contribution in [2.75, 3.05) is 20.7 Å². The Hall–Kier alpha value is -1.68. The normalized spacial score (nSPS) is 11.8. The van der Waals surface area contributed by atoms with E-state index in [-0.39, 0.29) is 29.6 Å². The van der Waals surface area contributed by atoms with E-state index in [2.05, 4.69) is 42.9 Å². The van der Waals surface area contributed by atoms with Crippen LogP contribution in [0.3, 0.4) is 0 Å². The number of benzene rings is 1. The molecule has 0 saturated heterocycles. The van der Waals surface area contributed by atoms with Crippen molar-refractivity contribution in [3.05, 3.63) is 36.2 Å². The number of hydrogen-bond acceptors (Lipinski definition) is 4. The van der Waals surface area contributed by atoms with Gasteiger partial charge in [0.05, 0.1) is 5.60 Å². The van der Waals surface area contributed by atoms with Crippen molar-refractivity contribution in [2.45, 2.75) is 26.0 Å². The highest BCUT2D eigenvalue weighted by molar-refractivity contribution is 14.0. The van der Waals surface area contributed by atoms with E-state index in [1.165, 1.54) is 6.33 Å². The molecule has 1 heterocycles. The maximum Gasteiger partial charge on any atom is 0.191 e. The van der Waals surface area contributed by atoms with Crippen molar-refractivity contribution in [2.24, 2.45) is 4.99 Å². The topological polar surface area (TPSA) is 87.2 Å². The number of ether oxygens (including phenoxy) is 1. The highest BCUT2D eigenvalue weighted by Gasteiger charge is 2.16. The van der Waals surface area contributed by atoms with Gasteiger partial charge in [0.15, 0.2) is 11.8 Å². The molecule has 2 aromatic rings. The van der Waals surface area contributed by atoms with E-state index in [4.69, 9.17) is 4.74 Å². The molecule has 0 aliphatic carbocycles. The lowest BCUT2D eigenvalue weighted by molar-refractivity contribution is 0.0268. The predicted molar refractivity (Wildman–Crippen MR) is 107 cm³/mol. The lowest BCUT2D eigenvalue weighted by Gasteiger charge is -2.24. The van der Waals surface area contributed by atoms with Gasteiger partial charge in [-0.2, -0.15) is 5.10 Å². The fourth-order valence-electron chi connectivity index (χ4n) is 1.95.